The zero-order valence-electron chi connectivity index (χ0n) is 15.3. The van der Waals surface area contributed by atoms with Crippen molar-refractivity contribution >= 4 is 5.91 Å². The lowest BCUT2D eigenvalue weighted by atomic mass is 9.98. The molecule has 0 N–H and O–H groups in total. The van der Waals surface area contributed by atoms with E-state index in [1.54, 1.807) is 7.11 Å². The van der Waals surface area contributed by atoms with Crippen LogP contribution < -0.4 is 0 Å². The predicted molar refractivity (Wildman–Crippen MR) is 99.8 cm³/mol. The summed E-state index contributed by atoms with van der Waals surface area (Å²) in [5.41, 5.74) is 4.74. The van der Waals surface area contributed by atoms with Crippen LogP contribution >= 0.6 is 0 Å². The number of aromatic nitrogens is 2. The van der Waals surface area contributed by atoms with Crippen LogP contribution in [0.3, 0.4) is 0 Å². The third kappa shape index (κ3) is 3.49. The van der Waals surface area contributed by atoms with Crippen molar-refractivity contribution in [3.05, 3.63) is 47.3 Å². The van der Waals surface area contributed by atoms with Gasteiger partial charge in [0.05, 0.1) is 6.61 Å². The van der Waals surface area contributed by atoms with Crippen LogP contribution in [-0.2, 0) is 28.8 Å². The Balaban J connectivity index is 1.57. The molecule has 0 spiro atoms. The number of hydrogen-bond donors (Lipinski definition) is 0. The number of nitrogens with zero attached hydrogens (tertiary/aromatic N) is 3. The maximum atomic E-state index is 12.2. The van der Waals surface area contributed by atoms with Gasteiger partial charge in [0.15, 0.2) is 5.82 Å². The lowest BCUT2D eigenvalue weighted by Gasteiger charge is -2.17. The number of hydrogen-bond acceptors (Lipinski definition) is 4. The number of fused-ring (bicyclic) bond motifs is 1. The fourth-order valence-electron chi connectivity index (χ4n) is 4.08. The monoisotopic (exact) mass is 351 g/mol. The fraction of sp³-hybridized carbons (Fsp3) is 0.476. The molecule has 5 nitrogen and oxygen atoms in total. The van der Waals surface area contributed by atoms with Crippen LogP contribution in [-0.4, -0.2) is 47.6 Å². The summed E-state index contributed by atoms with van der Waals surface area (Å²) in [5.74, 6) is 1.39. The number of carbonyl (C=O) groups excluding carboxylic acids is 1. The van der Waals surface area contributed by atoms with Crippen molar-refractivity contribution < 1.29 is 9.53 Å². The van der Waals surface area contributed by atoms with E-state index in [9.17, 15) is 4.79 Å². The van der Waals surface area contributed by atoms with Crippen LogP contribution in [0.4, 0.5) is 0 Å². The van der Waals surface area contributed by atoms with Gasteiger partial charge in [0.2, 0.25) is 5.91 Å². The summed E-state index contributed by atoms with van der Waals surface area (Å²) in [5, 5.41) is 0. The molecule has 0 saturated carbocycles. The molecule has 1 saturated heterocycles. The highest BCUT2D eigenvalue weighted by Crippen LogP contribution is 2.30. The molecule has 1 atom stereocenters. The minimum atomic E-state index is 0.237. The van der Waals surface area contributed by atoms with E-state index in [4.69, 9.17) is 14.7 Å². The highest BCUT2D eigenvalue weighted by Gasteiger charge is 2.31. The van der Waals surface area contributed by atoms with Gasteiger partial charge in [0.25, 0.3) is 0 Å². The Hall–Kier alpha value is -2.27. The van der Waals surface area contributed by atoms with E-state index in [1.165, 1.54) is 11.3 Å². The predicted octanol–water partition coefficient (Wildman–Crippen LogP) is 2.67. The first-order valence-electron chi connectivity index (χ1n) is 9.45. The molecule has 0 bridgehead atoms. The van der Waals surface area contributed by atoms with Crippen molar-refractivity contribution in [1.82, 2.24) is 14.9 Å². The second-order valence-corrected chi connectivity index (χ2v) is 7.25. The van der Waals surface area contributed by atoms with Gasteiger partial charge in [-0.2, -0.15) is 0 Å². The number of benzene rings is 1. The van der Waals surface area contributed by atoms with Crippen LogP contribution in [0.5, 0.6) is 0 Å². The number of aryl methyl sites for hydroxylation is 1. The molecule has 1 amide bonds. The average molecular weight is 351 g/mol. The van der Waals surface area contributed by atoms with Crippen molar-refractivity contribution in [3.63, 3.8) is 0 Å². The summed E-state index contributed by atoms with van der Waals surface area (Å²) in [7, 11) is 1.67. The summed E-state index contributed by atoms with van der Waals surface area (Å²) >= 11 is 0. The lowest BCUT2D eigenvalue weighted by molar-refractivity contribution is -0.128. The molecular weight excluding hydrogens is 326 g/mol. The molecule has 2 aliphatic rings. The Bertz CT molecular complexity index is 791. The highest BCUT2D eigenvalue weighted by molar-refractivity contribution is 5.78. The topological polar surface area (TPSA) is 55.3 Å². The Morgan fingerprint density at radius 3 is 2.85 bits per heavy atom. The lowest BCUT2D eigenvalue weighted by Crippen LogP contribution is -2.29. The highest BCUT2D eigenvalue weighted by atomic mass is 16.5. The summed E-state index contributed by atoms with van der Waals surface area (Å²) in [6.07, 6.45) is 4.73. The zero-order chi connectivity index (χ0) is 17.9. The molecule has 0 radical (unpaired) electrons. The first-order chi connectivity index (χ1) is 12.7. The molecule has 136 valence electrons. The first kappa shape index (κ1) is 17.2. The van der Waals surface area contributed by atoms with Gasteiger partial charge in [-0.3, -0.25) is 4.79 Å². The average Bonchev–Trinajstić information content (AvgIpc) is 3.27. The minimum absolute atomic E-state index is 0.237. The second-order valence-electron chi connectivity index (χ2n) is 7.25. The second kappa shape index (κ2) is 7.54. The van der Waals surface area contributed by atoms with Crippen LogP contribution in [0.2, 0.25) is 0 Å². The van der Waals surface area contributed by atoms with Crippen molar-refractivity contribution in [2.24, 2.45) is 5.92 Å². The Labute approximate surface area is 154 Å². The molecule has 1 aliphatic heterocycles. The van der Waals surface area contributed by atoms with E-state index in [0.29, 0.717) is 25.5 Å². The van der Waals surface area contributed by atoms with Gasteiger partial charge in [-0.15, -0.1) is 0 Å². The van der Waals surface area contributed by atoms with Gasteiger partial charge in [-0.05, 0) is 37.2 Å². The van der Waals surface area contributed by atoms with Gasteiger partial charge >= 0.3 is 0 Å². The number of methoxy groups -OCH3 is 1. The summed E-state index contributed by atoms with van der Waals surface area (Å²) in [6.45, 7) is 2.09. The molecule has 1 aromatic carbocycles. The SMILES string of the molecule is COCCN1C[C@H](Cc2nc(-c3ccccc3)nc3c2CCC3)CC1=O. The number of ether oxygens (including phenoxy) is 1. The Morgan fingerprint density at radius 1 is 1.19 bits per heavy atom. The number of carbonyl (C=O) groups is 1. The van der Waals surface area contributed by atoms with E-state index in [1.807, 2.05) is 23.1 Å². The number of amides is 1. The number of likely N-dealkylation sites (tertiary alicyclic amines) is 1. The molecule has 2 heterocycles. The van der Waals surface area contributed by atoms with Gasteiger partial charge in [0.1, 0.15) is 0 Å². The van der Waals surface area contributed by atoms with E-state index in [-0.39, 0.29) is 5.91 Å². The van der Waals surface area contributed by atoms with E-state index in [0.717, 1.165) is 49.3 Å². The summed E-state index contributed by atoms with van der Waals surface area (Å²) < 4.78 is 5.12. The number of rotatable bonds is 6. The van der Waals surface area contributed by atoms with Crippen molar-refractivity contribution in [2.45, 2.75) is 32.1 Å². The van der Waals surface area contributed by atoms with Crippen LogP contribution in [0.15, 0.2) is 30.3 Å². The fourth-order valence-corrected chi connectivity index (χ4v) is 4.08. The van der Waals surface area contributed by atoms with E-state index >= 15 is 0 Å². The molecule has 4 rings (SSSR count). The van der Waals surface area contributed by atoms with Crippen molar-refractivity contribution in [2.75, 3.05) is 26.8 Å². The maximum Gasteiger partial charge on any atom is 0.223 e. The van der Waals surface area contributed by atoms with Gasteiger partial charge in [-0.1, -0.05) is 30.3 Å². The molecule has 1 aromatic heterocycles. The minimum Gasteiger partial charge on any atom is -0.383 e. The normalized spacial score (nSPS) is 19.2. The third-order valence-corrected chi connectivity index (χ3v) is 5.39. The van der Waals surface area contributed by atoms with Gasteiger partial charge in [-0.25, -0.2) is 9.97 Å². The third-order valence-electron chi connectivity index (χ3n) is 5.39. The van der Waals surface area contributed by atoms with Crippen molar-refractivity contribution in [3.8, 4) is 11.4 Å². The van der Waals surface area contributed by atoms with Gasteiger partial charge in [0, 0.05) is 43.6 Å². The summed E-state index contributed by atoms with van der Waals surface area (Å²) in [4.78, 5) is 23.9. The van der Waals surface area contributed by atoms with E-state index < -0.39 is 0 Å². The molecule has 0 unspecified atom stereocenters. The van der Waals surface area contributed by atoms with E-state index in [2.05, 4.69) is 12.1 Å². The maximum absolute atomic E-state index is 12.2. The molecular formula is C21H25N3O2. The molecule has 1 fully saturated rings. The molecule has 5 heteroatoms. The van der Waals surface area contributed by atoms with Crippen molar-refractivity contribution in [1.29, 1.82) is 0 Å². The molecule has 2 aromatic rings. The summed E-state index contributed by atoms with van der Waals surface area (Å²) in [6, 6.07) is 10.2. The van der Waals surface area contributed by atoms with Crippen LogP contribution in [0.1, 0.15) is 29.8 Å². The van der Waals surface area contributed by atoms with Gasteiger partial charge < -0.3 is 9.64 Å². The standard InChI is InChI=1S/C21H25N3O2/c1-26-11-10-24-14-15(13-20(24)25)12-19-17-8-5-9-18(17)22-21(23-19)16-6-3-2-4-7-16/h2-4,6-7,15H,5,8-14H2,1H3/t15-/m1/s1. The Morgan fingerprint density at radius 2 is 2.04 bits per heavy atom. The molecule has 26 heavy (non-hydrogen) atoms. The first-order valence-corrected chi connectivity index (χ1v) is 9.45. The Kier molecular flexibility index (Phi) is 4.98. The van der Waals surface area contributed by atoms with Crippen LogP contribution in [0.25, 0.3) is 11.4 Å². The largest absolute Gasteiger partial charge is 0.383 e. The smallest absolute Gasteiger partial charge is 0.223 e. The van der Waals surface area contributed by atoms with Crippen LogP contribution in [0, 0.1) is 5.92 Å². The molecule has 1 aliphatic carbocycles. The zero-order valence-corrected chi connectivity index (χ0v) is 15.3. The quantitative estimate of drug-likeness (QED) is 0.803.